The lowest BCUT2D eigenvalue weighted by Gasteiger charge is -2.36. The predicted molar refractivity (Wildman–Crippen MR) is 154 cm³/mol. The molecule has 1 saturated heterocycles. The van der Waals surface area contributed by atoms with E-state index in [9.17, 15) is 14.0 Å². The maximum atomic E-state index is 16.0. The summed E-state index contributed by atoms with van der Waals surface area (Å²) >= 11 is 1.49. The minimum atomic E-state index is -1.15. The van der Waals surface area contributed by atoms with Crippen LogP contribution in [0.4, 0.5) is 14.5 Å². The van der Waals surface area contributed by atoms with Gasteiger partial charge in [-0.05, 0) is 62.3 Å². The van der Waals surface area contributed by atoms with Gasteiger partial charge in [0.2, 0.25) is 0 Å². The van der Waals surface area contributed by atoms with Gasteiger partial charge in [-0.1, -0.05) is 25.0 Å². The molecule has 4 aromatic rings. The highest BCUT2D eigenvalue weighted by atomic mass is 32.1. The molecule has 4 atom stereocenters. The highest BCUT2D eigenvalue weighted by Gasteiger charge is 2.48. The van der Waals surface area contributed by atoms with Crippen molar-refractivity contribution in [3.05, 3.63) is 75.6 Å². The Bertz CT molecular complexity index is 1620. The zero-order valence-electron chi connectivity index (χ0n) is 23.4. The Morgan fingerprint density at radius 1 is 1.19 bits per heavy atom. The van der Waals surface area contributed by atoms with E-state index in [4.69, 9.17) is 14.1 Å². The average molecular weight is 595 g/mol. The highest BCUT2D eigenvalue weighted by molar-refractivity contribution is 7.11. The van der Waals surface area contributed by atoms with Gasteiger partial charge in [-0.2, -0.15) is 0 Å². The molecule has 0 spiro atoms. The zero-order valence-corrected chi connectivity index (χ0v) is 24.3. The summed E-state index contributed by atoms with van der Waals surface area (Å²) in [5.41, 5.74) is 1.54. The lowest BCUT2D eigenvalue weighted by molar-refractivity contribution is -0.140. The van der Waals surface area contributed by atoms with Crippen molar-refractivity contribution in [3.63, 3.8) is 0 Å². The van der Waals surface area contributed by atoms with Crippen molar-refractivity contribution in [1.29, 1.82) is 0 Å². The third-order valence-corrected chi connectivity index (χ3v) is 9.69. The fourth-order valence-corrected chi connectivity index (χ4v) is 7.41. The summed E-state index contributed by atoms with van der Waals surface area (Å²) in [6.45, 7) is 1.81. The average Bonchev–Trinajstić information content (AvgIpc) is 3.75. The van der Waals surface area contributed by atoms with Crippen molar-refractivity contribution in [1.82, 2.24) is 14.9 Å². The van der Waals surface area contributed by atoms with E-state index < -0.39 is 17.7 Å². The second-order valence-corrected chi connectivity index (χ2v) is 12.2. The number of esters is 1. The molecule has 0 bridgehead atoms. The molecule has 3 heterocycles. The molecule has 1 aliphatic carbocycles. The van der Waals surface area contributed by atoms with Crippen LogP contribution in [0.2, 0.25) is 0 Å². The molecule has 3 unspecified atom stereocenters. The number of methoxy groups -OCH3 is 1. The molecule has 11 heteroatoms. The van der Waals surface area contributed by atoms with Crippen LogP contribution in [0.15, 0.2) is 47.3 Å². The highest BCUT2D eigenvalue weighted by Crippen LogP contribution is 2.48. The van der Waals surface area contributed by atoms with Crippen LogP contribution in [0, 0.1) is 24.5 Å². The second kappa shape index (κ2) is 11.8. The molecule has 1 aliphatic heterocycles. The van der Waals surface area contributed by atoms with Gasteiger partial charge in [-0.15, -0.1) is 11.3 Å². The normalized spacial score (nSPS) is 20.9. The molecular weight excluding hydrogens is 562 g/mol. The molecule has 1 N–H and O–H groups in total. The molecule has 1 amide bonds. The number of hydrogen-bond donors (Lipinski definition) is 1. The number of nitrogens with one attached hydrogen (secondary N) is 1. The quantitative estimate of drug-likeness (QED) is 0.228. The molecule has 8 nitrogen and oxygen atoms in total. The molecule has 2 aromatic carbocycles. The van der Waals surface area contributed by atoms with Crippen LogP contribution in [0.5, 0.6) is 0 Å². The SMILES string of the molecule is COC(=O)CCc1cnc([C@@H]2CC3CCCCC3N2C(=O)C(Nc2cc(F)ccc2C)c2ccc3ncoc3c2F)s1. The van der Waals surface area contributed by atoms with E-state index in [1.807, 2.05) is 4.90 Å². The first-order chi connectivity index (χ1) is 20.3. The summed E-state index contributed by atoms with van der Waals surface area (Å²) in [6, 6.07) is 5.99. The number of hydrogen-bond acceptors (Lipinski definition) is 8. The van der Waals surface area contributed by atoms with Crippen molar-refractivity contribution in [2.24, 2.45) is 5.92 Å². The molecule has 1 saturated carbocycles. The lowest BCUT2D eigenvalue weighted by Crippen LogP contribution is -2.44. The Balaban J connectivity index is 1.40. The van der Waals surface area contributed by atoms with Gasteiger partial charge >= 0.3 is 5.97 Å². The summed E-state index contributed by atoms with van der Waals surface area (Å²) < 4.78 is 40.4. The molecule has 42 heavy (non-hydrogen) atoms. The number of aryl methyl sites for hydroxylation is 2. The number of oxazole rings is 1. The summed E-state index contributed by atoms with van der Waals surface area (Å²) in [5.74, 6) is -1.44. The first kappa shape index (κ1) is 28.3. The number of benzene rings is 2. The molecule has 6 rings (SSSR count). The molecule has 2 fully saturated rings. The van der Waals surface area contributed by atoms with Gasteiger partial charge in [0.15, 0.2) is 17.8 Å². The van der Waals surface area contributed by atoms with Gasteiger partial charge in [-0.25, -0.2) is 18.7 Å². The van der Waals surface area contributed by atoms with E-state index in [-0.39, 0.29) is 41.5 Å². The third kappa shape index (κ3) is 5.37. The number of carbonyl (C=O) groups is 2. The Hall–Kier alpha value is -3.86. The first-order valence-corrected chi connectivity index (χ1v) is 15.0. The monoisotopic (exact) mass is 594 g/mol. The van der Waals surface area contributed by atoms with Gasteiger partial charge in [0.05, 0.1) is 19.6 Å². The number of anilines is 1. The minimum absolute atomic E-state index is 0.0198. The number of halogens is 2. The van der Waals surface area contributed by atoms with Gasteiger partial charge in [-0.3, -0.25) is 9.59 Å². The van der Waals surface area contributed by atoms with Crippen molar-refractivity contribution < 1.29 is 27.5 Å². The van der Waals surface area contributed by atoms with Gasteiger partial charge in [0.25, 0.3) is 5.91 Å². The summed E-state index contributed by atoms with van der Waals surface area (Å²) in [5, 5.41) is 3.98. The van der Waals surface area contributed by atoms with Crippen LogP contribution in [0.25, 0.3) is 11.1 Å². The zero-order chi connectivity index (χ0) is 29.4. The molecule has 2 aliphatic rings. The van der Waals surface area contributed by atoms with E-state index in [1.165, 1.54) is 37.0 Å². The number of fused-ring (bicyclic) bond motifs is 2. The number of amides is 1. The van der Waals surface area contributed by atoms with Crippen LogP contribution in [0.3, 0.4) is 0 Å². The van der Waals surface area contributed by atoms with Crippen molar-refractivity contribution >= 4 is 40.0 Å². The molecule has 220 valence electrons. The Morgan fingerprint density at radius 2 is 2.02 bits per heavy atom. The summed E-state index contributed by atoms with van der Waals surface area (Å²) in [6.07, 6.45) is 8.39. The summed E-state index contributed by atoms with van der Waals surface area (Å²) in [7, 11) is 1.36. The topological polar surface area (TPSA) is 97.6 Å². The lowest BCUT2D eigenvalue weighted by atomic mass is 9.84. The standard InChI is InChI=1S/C31H32F2N4O4S/c1-17-7-8-19(32)14-23(17)36-28(21-10-11-22-29(27(21)33)41-16-35-22)31(39)37-24-6-4-3-5-18(24)13-25(37)30-34-15-20(42-30)9-12-26(38)40-2/h7-8,10-11,14-16,18,24-25,28,36H,3-6,9,12-13H2,1-2H3/t18?,24?,25-,28?/m0/s1. The van der Waals surface area contributed by atoms with Crippen LogP contribution < -0.4 is 5.32 Å². The maximum Gasteiger partial charge on any atom is 0.305 e. The molecular formula is C31H32F2N4O4S. The first-order valence-electron chi connectivity index (χ1n) is 14.2. The van der Waals surface area contributed by atoms with E-state index in [2.05, 4.69) is 10.3 Å². The van der Waals surface area contributed by atoms with Gasteiger partial charge < -0.3 is 19.4 Å². The second-order valence-electron chi connectivity index (χ2n) is 11.1. The fourth-order valence-electron chi connectivity index (χ4n) is 6.38. The predicted octanol–water partition coefficient (Wildman–Crippen LogP) is 6.66. The van der Waals surface area contributed by atoms with Crippen LogP contribution in [-0.4, -0.2) is 39.9 Å². The van der Waals surface area contributed by atoms with Crippen molar-refractivity contribution in [2.45, 2.75) is 70.0 Å². The number of carbonyl (C=O) groups excluding carboxylic acids is 2. The number of ether oxygens (including phenoxy) is 1. The van der Waals surface area contributed by atoms with Crippen LogP contribution in [-0.2, 0) is 20.7 Å². The van der Waals surface area contributed by atoms with Gasteiger partial charge in [0.1, 0.15) is 22.4 Å². The van der Waals surface area contributed by atoms with E-state index in [1.54, 1.807) is 31.3 Å². The van der Waals surface area contributed by atoms with Crippen molar-refractivity contribution in [2.75, 3.05) is 12.4 Å². The number of likely N-dealkylation sites (tertiary alicyclic amines) is 1. The molecule has 2 aromatic heterocycles. The number of rotatable bonds is 8. The largest absolute Gasteiger partial charge is 0.469 e. The number of nitrogens with zero attached hydrogens (tertiary/aromatic N) is 3. The van der Waals surface area contributed by atoms with Crippen molar-refractivity contribution in [3.8, 4) is 0 Å². The van der Waals surface area contributed by atoms with Gasteiger partial charge in [0, 0.05) is 28.4 Å². The van der Waals surface area contributed by atoms with E-state index in [0.29, 0.717) is 23.5 Å². The number of thiazole rings is 1. The minimum Gasteiger partial charge on any atom is -0.469 e. The maximum absolute atomic E-state index is 16.0. The van der Waals surface area contributed by atoms with E-state index >= 15 is 4.39 Å². The Kier molecular flexibility index (Phi) is 7.94. The third-order valence-electron chi connectivity index (χ3n) is 8.53. The van der Waals surface area contributed by atoms with Crippen LogP contribution in [0.1, 0.15) is 71.6 Å². The summed E-state index contributed by atoms with van der Waals surface area (Å²) in [4.78, 5) is 38.0. The van der Waals surface area contributed by atoms with Crippen LogP contribution >= 0.6 is 11.3 Å². The Morgan fingerprint density at radius 3 is 2.86 bits per heavy atom. The Labute approximate surface area is 246 Å². The van der Waals surface area contributed by atoms with E-state index in [0.717, 1.165) is 47.6 Å². The number of aromatic nitrogens is 2. The fraction of sp³-hybridized carbons (Fsp3) is 0.419. The smallest absolute Gasteiger partial charge is 0.305 e. The molecule has 0 radical (unpaired) electrons.